The average molecular weight is 429 g/mol. The van der Waals surface area contributed by atoms with Crippen molar-refractivity contribution in [1.82, 2.24) is 14.8 Å². The molecule has 1 aromatic carbocycles. The van der Waals surface area contributed by atoms with E-state index < -0.39 is 6.10 Å². The summed E-state index contributed by atoms with van der Waals surface area (Å²) in [6.45, 7) is 11.2. The van der Waals surface area contributed by atoms with Gasteiger partial charge in [0.25, 0.3) is 0 Å². The van der Waals surface area contributed by atoms with Gasteiger partial charge in [0.05, 0.1) is 36.9 Å². The Kier molecular flexibility index (Phi) is 7.35. The van der Waals surface area contributed by atoms with E-state index >= 15 is 0 Å². The molecule has 2 aromatic heterocycles. The second-order valence-electron chi connectivity index (χ2n) is 8.82. The Balaban J connectivity index is 1.70. The van der Waals surface area contributed by atoms with Gasteiger partial charge in [0.1, 0.15) is 0 Å². The van der Waals surface area contributed by atoms with Gasteiger partial charge < -0.3 is 24.3 Å². The third-order valence-electron chi connectivity index (χ3n) is 4.24. The van der Waals surface area contributed by atoms with Crippen molar-refractivity contribution in [3.05, 3.63) is 42.7 Å². The molecular weight excluding hydrogens is 396 g/mol. The van der Waals surface area contributed by atoms with Gasteiger partial charge in [-0.2, -0.15) is 4.98 Å². The predicted molar refractivity (Wildman–Crippen MR) is 120 cm³/mol. The largest absolute Gasteiger partial charge is 0.462 e. The van der Waals surface area contributed by atoms with E-state index in [4.69, 9.17) is 13.9 Å². The van der Waals surface area contributed by atoms with E-state index in [0.717, 1.165) is 11.4 Å². The van der Waals surface area contributed by atoms with Crippen LogP contribution in [-0.4, -0.2) is 51.3 Å². The molecule has 2 heterocycles. The van der Waals surface area contributed by atoms with Gasteiger partial charge in [0.15, 0.2) is 5.76 Å². The summed E-state index contributed by atoms with van der Waals surface area (Å²) in [5.41, 5.74) is 1.43. The maximum Gasteiger partial charge on any atom is 0.336 e. The summed E-state index contributed by atoms with van der Waals surface area (Å²) in [5.74, 6) is 1.55. The van der Waals surface area contributed by atoms with E-state index in [2.05, 4.69) is 29.2 Å². The van der Waals surface area contributed by atoms with Crippen LogP contribution in [0.3, 0.4) is 0 Å². The van der Waals surface area contributed by atoms with Gasteiger partial charge >= 0.3 is 6.01 Å². The van der Waals surface area contributed by atoms with Crippen LogP contribution in [-0.2, 0) is 4.74 Å². The number of anilines is 1. The molecule has 0 aliphatic carbocycles. The summed E-state index contributed by atoms with van der Waals surface area (Å²) in [4.78, 5) is 4.50. The summed E-state index contributed by atoms with van der Waals surface area (Å²) >= 11 is 0. The number of ether oxygens (including phenoxy) is 2. The molecule has 1 unspecified atom stereocenters. The number of hydrogen-bond donors (Lipinski definition) is 2. The number of rotatable bonds is 10. The Morgan fingerprint density at radius 1 is 1.13 bits per heavy atom. The molecule has 0 radical (unpaired) electrons. The Labute approximate surface area is 183 Å². The first-order valence-corrected chi connectivity index (χ1v) is 10.5. The highest BCUT2D eigenvalue weighted by atomic mass is 16.5. The number of aliphatic hydroxyl groups excluding tert-OH is 1. The van der Waals surface area contributed by atoms with E-state index in [1.807, 2.05) is 57.2 Å². The lowest BCUT2D eigenvalue weighted by Gasteiger charge is -2.22. The zero-order valence-electron chi connectivity index (χ0n) is 18.8. The molecule has 0 spiro atoms. The van der Waals surface area contributed by atoms with Crippen molar-refractivity contribution in [2.45, 2.75) is 46.3 Å². The average Bonchev–Trinajstić information content (AvgIpc) is 3.38. The van der Waals surface area contributed by atoms with E-state index in [9.17, 15) is 5.11 Å². The molecule has 0 fully saturated rings. The number of aromatic nitrogens is 3. The first-order valence-electron chi connectivity index (χ1n) is 10.5. The molecule has 3 rings (SSSR count). The maximum absolute atomic E-state index is 10.1. The number of furan rings is 1. The summed E-state index contributed by atoms with van der Waals surface area (Å²) in [6, 6.07) is 11.7. The van der Waals surface area contributed by atoms with E-state index in [1.54, 1.807) is 10.9 Å². The standard InChI is InChI=1S/C23H32N4O4/c1-16(2)14-30-22-25-21(20-7-6-12-29-20)27(26-22)18-10-8-17(9-11-18)24-13-19(28)15-31-23(3,4)5/h6-12,16,19,24,28H,13-15H2,1-5H3. The summed E-state index contributed by atoms with van der Waals surface area (Å²) in [6.07, 6.45) is 1.01. The van der Waals surface area contributed by atoms with Crippen LogP contribution < -0.4 is 10.1 Å². The van der Waals surface area contributed by atoms with Gasteiger partial charge in [-0.1, -0.05) is 13.8 Å². The van der Waals surface area contributed by atoms with Gasteiger partial charge in [-0.15, -0.1) is 5.10 Å². The van der Waals surface area contributed by atoms with Crippen molar-refractivity contribution in [3.8, 4) is 23.3 Å². The Morgan fingerprint density at radius 2 is 1.87 bits per heavy atom. The lowest BCUT2D eigenvalue weighted by Crippen LogP contribution is -2.30. The summed E-state index contributed by atoms with van der Waals surface area (Å²) in [7, 11) is 0. The van der Waals surface area contributed by atoms with Crippen LogP contribution in [0.2, 0.25) is 0 Å². The Morgan fingerprint density at radius 3 is 2.48 bits per heavy atom. The molecule has 0 bridgehead atoms. The highest BCUT2D eigenvalue weighted by molar-refractivity contribution is 5.54. The van der Waals surface area contributed by atoms with Crippen molar-refractivity contribution in [2.24, 2.45) is 5.92 Å². The molecule has 0 saturated heterocycles. The van der Waals surface area contributed by atoms with Gasteiger partial charge in [-0.25, -0.2) is 4.68 Å². The molecule has 168 valence electrons. The van der Waals surface area contributed by atoms with Crippen molar-refractivity contribution in [1.29, 1.82) is 0 Å². The van der Waals surface area contributed by atoms with Crippen LogP contribution in [0.1, 0.15) is 34.6 Å². The fraction of sp³-hybridized carbons (Fsp3) is 0.478. The van der Waals surface area contributed by atoms with Gasteiger partial charge in [0, 0.05) is 12.2 Å². The van der Waals surface area contributed by atoms with Crippen molar-refractivity contribution in [2.75, 3.05) is 25.1 Å². The summed E-state index contributed by atoms with van der Waals surface area (Å²) in [5, 5.41) is 17.8. The molecule has 31 heavy (non-hydrogen) atoms. The summed E-state index contributed by atoms with van der Waals surface area (Å²) < 4.78 is 18.5. The van der Waals surface area contributed by atoms with Crippen LogP contribution in [0.4, 0.5) is 5.69 Å². The minimum atomic E-state index is -0.597. The fourth-order valence-electron chi connectivity index (χ4n) is 2.70. The van der Waals surface area contributed by atoms with Crippen LogP contribution in [0.5, 0.6) is 6.01 Å². The van der Waals surface area contributed by atoms with Gasteiger partial charge in [-0.05, 0) is 63.1 Å². The van der Waals surface area contributed by atoms with Crippen LogP contribution >= 0.6 is 0 Å². The topological polar surface area (TPSA) is 94.6 Å². The Bertz CT molecular complexity index is 928. The molecule has 8 nitrogen and oxygen atoms in total. The van der Waals surface area contributed by atoms with Crippen LogP contribution in [0, 0.1) is 5.92 Å². The Hall–Kier alpha value is -2.84. The minimum Gasteiger partial charge on any atom is -0.462 e. The van der Waals surface area contributed by atoms with Gasteiger partial charge in [-0.3, -0.25) is 0 Å². The highest BCUT2D eigenvalue weighted by Crippen LogP contribution is 2.25. The van der Waals surface area contributed by atoms with Crippen LogP contribution in [0.25, 0.3) is 17.3 Å². The zero-order valence-corrected chi connectivity index (χ0v) is 18.8. The molecular formula is C23H32N4O4. The first-order chi connectivity index (χ1) is 14.7. The fourth-order valence-corrected chi connectivity index (χ4v) is 2.70. The smallest absolute Gasteiger partial charge is 0.336 e. The van der Waals surface area contributed by atoms with Gasteiger partial charge in [0.2, 0.25) is 5.82 Å². The number of benzene rings is 1. The number of aliphatic hydroxyl groups is 1. The van der Waals surface area contributed by atoms with E-state index in [-0.39, 0.29) is 12.2 Å². The molecule has 0 amide bonds. The minimum absolute atomic E-state index is 0.274. The second kappa shape index (κ2) is 9.98. The van der Waals surface area contributed by atoms with E-state index in [0.29, 0.717) is 36.7 Å². The maximum atomic E-state index is 10.1. The highest BCUT2D eigenvalue weighted by Gasteiger charge is 2.17. The monoisotopic (exact) mass is 428 g/mol. The van der Waals surface area contributed by atoms with Crippen molar-refractivity contribution < 1.29 is 19.0 Å². The van der Waals surface area contributed by atoms with E-state index in [1.165, 1.54) is 0 Å². The third kappa shape index (κ3) is 6.83. The zero-order chi connectivity index (χ0) is 22.4. The number of nitrogens with zero attached hydrogens (tertiary/aromatic N) is 3. The third-order valence-corrected chi connectivity index (χ3v) is 4.24. The normalized spacial score (nSPS) is 12.9. The first kappa shape index (κ1) is 22.8. The molecule has 8 heteroatoms. The molecule has 3 aromatic rings. The number of nitrogens with one attached hydrogen (secondary N) is 1. The molecule has 2 N–H and O–H groups in total. The number of hydrogen-bond acceptors (Lipinski definition) is 7. The second-order valence-corrected chi connectivity index (χ2v) is 8.82. The van der Waals surface area contributed by atoms with Crippen molar-refractivity contribution >= 4 is 5.69 Å². The molecule has 0 saturated carbocycles. The molecule has 0 aliphatic heterocycles. The predicted octanol–water partition coefficient (Wildman–Crippen LogP) is 4.15. The molecule has 0 aliphatic rings. The lowest BCUT2D eigenvalue weighted by atomic mass is 10.2. The SMILES string of the molecule is CC(C)COc1nc(-c2ccco2)n(-c2ccc(NCC(O)COC(C)(C)C)cc2)n1. The molecule has 1 atom stereocenters. The lowest BCUT2D eigenvalue weighted by molar-refractivity contribution is -0.0449. The van der Waals surface area contributed by atoms with Crippen molar-refractivity contribution in [3.63, 3.8) is 0 Å². The van der Waals surface area contributed by atoms with Crippen LogP contribution in [0.15, 0.2) is 47.1 Å². The quantitative estimate of drug-likeness (QED) is 0.501.